The number of nitrogens with one attached hydrogen (secondary N) is 2. The number of fused-ring (bicyclic) bond motifs is 5. The van der Waals surface area contributed by atoms with Gasteiger partial charge in [0.05, 0.1) is 11.0 Å². The van der Waals surface area contributed by atoms with Crippen LogP contribution in [-0.4, -0.2) is 47.6 Å². The number of rotatable bonds is 9. The smallest absolute Gasteiger partial charge is 0.282 e. The van der Waals surface area contributed by atoms with Crippen molar-refractivity contribution in [1.29, 1.82) is 0 Å². The van der Waals surface area contributed by atoms with Gasteiger partial charge in [0.15, 0.2) is 6.61 Å². The second kappa shape index (κ2) is 11.8. The average molecular weight is 563 g/mol. The van der Waals surface area contributed by atoms with E-state index in [1.54, 1.807) is 0 Å². The van der Waals surface area contributed by atoms with Gasteiger partial charge in [-0.25, -0.2) is 0 Å². The lowest BCUT2D eigenvalue weighted by Crippen LogP contribution is -2.43. The Balaban J connectivity index is 1.10. The zero-order chi connectivity index (χ0) is 29.1. The quantitative estimate of drug-likeness (QED) is 0.0996. The number of nitrogens with zero attached hydrogens (tertiary/aromatic N) is 4. The standard InChI is InChI=1S/C29H34N6O6/c1-29-11-10-21-20-6-4-19(14-17(20)2-5-22(21)24(29)7-9-26(29)36)41-16-27(37)31-12-13-32-28(38)23-15-18(33-34-30)3-8-25(23)35(39)40/h3-4,6,8,14-15,21-22,24,26,36H,2,5,7,9-13,16H2,1H3,(H,31,37)(H,32,38)/t21-,22-,24+,26+,29+/m1/s1. The number of benzene rings is 2. The second-order valence-electron chi connectivity index (χ2n) is 11.5. The lowest BCUT2D eigenvalue weighted by molar-refractivity contribution is -0.385. The van der Waals surface area contributed by atoms with E-state index in [-0.39, 0.29) is 48.4 Å². The van der Waals surface area contributed by atoms with Crippen molar-refractivity contribution in [3.05, 3.63) is 73.6 Å². The molecule has 5 rings (SSSR count). The van der Waals surface area contributed by atoms with Crippen LogP contribution in [0, 0.1) is 27.4 Å². The summed E-state index contributed by atoms with van der Waals surface area (Å²) in [6, 6.07) is 9.59. The number of nitro groups is 1. The Labute approximate surface area is 237 Å². The number of aliphatic hydroxyl groups excluding tert-OH is 1. The maximum atomic E-state index is 12.5. The third kappa shape index (κ3) is 5.71. The van der Waals surface area contributed by atoms with E-state index in [2.05, 4.69) is 33.6 Å². The van der Waals surface area contributed by atoms with E-state index in [4.69, 9.17) is 10.3 Å². The van der Waals surface area contributed by atoms with Crippen molar-refractivity contribution in [3.8, 4) is 5.75 Å². The number of nitro benzene ring substituents is 1. The van der Waals surface area contributed by atoms with Gasteiger partial charge in [-0.3, -0.25) is 19.7 Å². The molecule has 2 aromatic carbocycles. The van der Waals surface area contributed by atoms with Gasteiger partial charge in [-0.1, -0.05) is 18.1 Å². The van der Waals surface area contributed by atoms with Gasteiger partial charge in [0, 0.05) is 29.8 Å². The number of aliphatic hydroxyl groups is 1. The number of hydrogen-bond acceptors (Lipinski definition) is 7. The molecule has 2 aromatic rings. The van der Waals surface area contributed by atoms with Crippen molar-refractivity contribution in [2.45, 2.75) is 57.5 Å². The number of amides is 2. The van der Waals surface area contributed by atoms with E-state index in [0.29, 0.717) is 23.5 Å². The van der Waals surface area contributed by atoms with Crippen molar-refractivity contribution in [2.75, 3.05) is 19.7 Å². The molecule has 0 spiro atoms. The van der Waals surface area contributed by atoms with Crippen LogP contribution < -0.4 is 15.4 Å². The highest BCUT2D eigenvalue weighted by atomic mass is 16.6. The molecule has 0 aliphatic heterocycles. The van der Waals surface area contributed by atoms with Crippen LogP contribution in [0.5, 0.6) is 5.75 Å². The Morgan fingerprint density at radius 3 is 2.76 bits per heavy atom. The van der Waals surface area contributed by atoms with Crippen LogP contribution in [0.25, 0.3) is 10.4 Å². The minimum Gasteiger partial charge on any atom is -0.484 e. The topological polar surface area (TPSA) is 180 Å². The van der Waals surface area contributed by atoms with Gasteiger partial charge in [-0.05, 0) is 103 Å². The molecule has 0 radical (unpaired) electrons. The molecule has 0 aromatic heterocycles. The molecule has 2 amide bonds. The molecule has 2 fully saturated rings. The molecule has 0 saturated heterocycles. The van der Waals surface area contributed by atoms with Crippen LogP contribution in [0.2, 0.25) is 0 Å². The van der Waals surface area contributed by atoms with Crippen molar-refractivity contribution in [3.63, 3.8) is 0 Å². The Bertz CT molecular complexity index is 1410. The molecule has 0 bridgehead atoms. The maximum Gasteiger partial charge on any atom is 0.282 e. The Morgan fingerprint density at radius 2 is 1.98 bits per heavy atom. The summed E-state index contributed by atoms with van der Waals surface area (Å²) in [5.74, 6) is 1.25. The highest BCUT2D eigenvalue weighted by molar-refractivity contribution is 5.99. The van der Waals surface area contributed by atoms with Gasteiger partial charge >= 0.3 is 0 Å². The van der Waals surface area contributed by atoms with E-state index in [1.165, 1.54) is 17.2 Å². The molecule has 2 saturated carbocycles. The summed E-state index contributed by atoms with van der Waals surface area (Å²) in [5, 5.41) is 30.4. The first-order valence-electron chi connectivity index (χ1n) is 14.0. The van der Waals surface area contributed by atoms with Crippen molar-refractivity contribution in [1.82, 2.24) is 10.6 Å². The predicted octanol–water partition coefficient (Wildman–Crippen LogP) is 4.68. The fourth-order valence-corrected chi connectivity index (χ4v) is 7.27. The third-order valence-electron chi connectivity index (χ3n) is 9.33. The van der Waals surface area contributed by atoms with Crippen LogP contribution >= 0.6 is 0 Å². The molecule has 216 valence electrons. The Hall–Kier alpha value is -4.15. The number of hydrogen-bond donors (Lipinski definition) is 3. The summed E-state index contributed by atoms with van der Waals surface area (Å²) in [7, 11) is 0. The fourth-order valence-electron chi connectivity index (χ4n) is 7.27. The normalized spacial score (nSPS) is 26.0. The molecule has 3 N–H and O–H groups in total. The van der Waals surface area contributed by atoms with Crippen LogP contribution in [0.15, 0.2) is 41.5 Å². The molecule has 3 aliphatic rings. The van der Waals surface area contributed by atoms with Crippen molar-refractivity contribution < 1.29 is 24.4 Å². The highest BCUT2D eigenvalue weighted by Crippen LogP contribution is 2.60. The van der Waals surface area contributed by atoms with Gasteiger partial charge in [0.1, 0.15) is 11.3 Å². The molecule has 12 nitrogen and oxygen atoms in total. The van der Waals surface area contributed by atoms with Gasteiger partial charge in [-0.15, -0.1) is 0 Å². The molecular formula is C29H34N6O6. The number of ether oxygens (including phenoxy) is 1. The second-order valence-corrected chi connectivity index (χ2v) is 11.5. The maximum absolute atomic E-state index is 12.5. The van der Waals surface area contributed by atoms with E-state index in [9.17, 15) is 24.8 Å². The number of azide groups is 1. The molecule has 0 heterocycles. The number of aryl methyl sites for hydroxylation is 1. The van der Waals surface area contributed by atoms with E-state index >= 15 is 0 Å². The third-order valence-corrected chi connectivity index (χ3v) is 9.33. The summed E-state index contributed by atoms with van der Waals surface area (Å²) in [5.41, 5.74) is 10.7. The minimum absolute atomic E-state index is 0.0337. The summed E-state index contributed by atoms with van der Waals surface area (Å²) in [6.07, 6.45) is 6.06. The minimum atomic E-state index is -0.722. The first-order valence-corrected chi connectivity index (χ1v) is 14.0. The molecule has 12 heteroatoms. The monoisotopic (exact) mass is 562 g/mol. The summed E-state index contributed by atoms with van der Waals surface area (Å²) in [4.78, 5) is 38.0. The fraction of sp³-hybridized carbons (Fsp3) is 0.517. The first kappa shape index (κ1) is 28.4. The largest absolute Gasteiger partial charge is 0.484 e. The van der Waals surface area contributed by atoms with E-state index < -0.39 is 16.5 Å². The van der Waals surface area contributed by atoms with Gasteiger partial charge in [0.2, 0.25) is 0 Å². The van der Waals surface area contributed by atoms with Crippen LogP contribution in [0.3, 0.4) is 0 Å². The Kier molecular flexibility index (Phi) is 8.14. The lowest BCUT2D eigenvalue weighted by Gasteiger charge is -2.50. The van der Waals surface area contributed by atoms with E-state index in [1.807, 2.05) is 12.1 Å². The molecule has 3 aliphatic carbocycles. The molecule has 0 unspecified atom stereocenters. The highest BCUT2D eigenvalue weighted by Gasteiger charge is 2.54. The molecule has 41 heavy (non-hydrogen) atoms. The zero-order valence-electron chi connectivity index (χ0n) is 22.9. The summed E-state index contributed by atoms with van der Waals surface area (Å²) < 4.78 is 5.75. The lowest BCUT2D eigenvalue weighted by atomic mass is 9.55. The molecule has 5 atom stereocenters. The SMILES string of the molecule is C[C@]12CC[C@@H]3c4ccc(OCC(=O)NCCNC(=O)c5cc(N=[N+]=[N-])ccc5[N+](=O)[O-])cc4CC[C@H]3[C@@H]1CC[C@@H]2O. The number of carbonyl (C=O) groups is 2. The van der Waals surface area contributed by atoms with Crippen molar-refractivity contribution >= 4 is 23.2 Å². The van der Waals surface area contributed by atoms with Gasteiger partial charge in [-0.2, -0.15) is 0 Å². The number of carbonyl (C=O) groups excluding carboxylic acids is 2. The first-order chi connectivity index (χ1) is 19.7. The van der Waals surface area contributed by atoms with E-state index in [0.717, 1.165) is 50.7 Å². The van der Waals surface area contributed by atoms with Gasteiger partial charge in [0.25, 0.3) is 17.5 Å². The predicted molar refractivity (Wildman–Crippen MR) is 150 cm³/mol. The van der Waals surface area contributed by atoms with Gasteiger partial charge < -0.3 is 20.5 Å². The van der Waals surface area contributed by atoms with Crippen molar-refractivity contribution in [2.24, 2.45) is 22.4 Å². The van der Waals surface area contributed by atoms with Crippen LogP contribution in [-0.2, 0) is 11.2 Å². The average Bonchev–Trinajstić information content (AvgIpc) is 3.27. The van der Waals surface area contributed by atoms with Crippen LogP contribution in [0.4, 0.5) is 11.4 Å². The summed E-state index contributed by atoms with van der Waals surface area (Å²) >= 11 is 0. The van der Waals surface area contributed by atoms with Crippen LogP contribution in [0.1, 0.15) is 66.4 Å². The Morgan fingerprint density at radius 1 is 1.17 bits per heavy atom. The zero-order valence-corrected chi connectivity index (χ0v) is 22.9. The molecular weight excluding hydrogens is 528 g/mol. The summed E-state index contributed by atoms with van der Waals surface area (Å²) in [6.45, 7) is 2.22.